The number of carbonyl (C=O) groups excluding carboxylic acids is 1. The van der Waals surface area contributed by atoms with Crippen molar-refractivity contribution in [3.8, 4) is 0 Å². The van der Waals surface area contributed by atoms with Crippen LogP contribution >= 0.6 is 11.6 Å². The van der Waals surface area contributed by atoms with E-state index in [0.29, 0.717) is 18.1 Å². The van der Waals surface area contributed by atoms with Crippen molar-refractivity contribution < 1.29 is 9.18 Å². The number of rotatable bonds is 6. The lowest BCUT2D eigenvalue weighted by molar-refractivity contribution is -0.123. The molecular weight excluding hydrogens is 393 g/mol. The van der Waals surface area contributed by atoms with Crippen LogP contribution in [-0.2, 0) is 10.2 Å². The maximum Gasteiger partial charge on any atom is 0.234 e. The molecule has 2 rings (SSSR count). The molecule has 0 aromatic heterocycles. The standard InChI is InChI=1S/C21H33ClFN5O/c1-15(2)26-19(29)13-27-8-10-28(11-9-27)20(24-5)25-14-21(3,4)17-7-6-16(23)12-18(17)22/h6-7,12,15H,8-11,13-14H2,1-5H3,(H,24,25)(H,26,29). The zero-order chi connectivity index (χ0) is 21.6. The molecule has 8 heteroatoms. The molecule has 0 radical (unpaired) electrons. The van der Waals surface area contributed by atoms with Gasteiger partial charge in [0.05, 0.1) is 6.54 Å². The number of benzene rings is 1. The van der Waals surface area contributed by atoms with Crippen LogP contribution in [0, 0.1) is 5.82 Å². The van der Waals surface area contributed by atoms with Gasteiger partial charge in [-0.1, -0.05) is 31.5 Å². The summed E-state index contributed by atoms with van der Waals surface area (Å²) in [4.78, 5) is 20.7. The van der Waals surface area contributed by atoms with E-state index in [1.807, 2.05) is 13.8 Å². The van der Waals surface area contributed by atoms with Crippen LogP contribution in [0.5, 0.6) is 0 Å². The summed E-state index contributed by atoms with van der Waals surface area (Å²) in [5, 5.41) is 6.79. The molecule has 0 spiro atoms. The first kappa shape index (κ1) is 23.4. The van der Waals surface area contributed by atoms with Gasteiger partial charge >= 0.3 is 0 Å². The maximum atomic E-state index is 13.4. The molecule has 0 unspecified atom stereocenters. The Morgan fingerprint density at radius 3 is 2.48 bits per heavy atom. The fourth-order valence-corrected chi connectivity index (χ4v) is 3.88. The number of amides is 1. The highest BCUT2D eigenvalue weighted by molar-refractivity contribution is 6.31. The van der Waals surface area contributed by atoms with Crippen LogP contribution in [-0.4, -0.2) is 74.0 Å². The predicted molar refractivity (Wildman–Crippen MR) is 117 cm³/mol. The zero-order valence-corrected chi connectivity index (χ0v) is 18.8. The molecule has 1 aromatic carbocycles. The van der Waals surface area contributed by atoms with Crippen LogP contribution in [0.2, 0.25) is 5.02 Å². The van der Waals surface area contributed by atoms with Crippen molar-refractivity contribution in [2.45, 2.75) is 39.2 Å². The molecule has 2 N–H and O–H groups in total. The molecule has 1 saturated heterocycles. The minimum Gasteiger partial charge on any atom is -0.355 e. The van der Waals surface area contributed by atoms with Gasteiger partial charge in [0.2, 0.25) is 5.91 Å². The molecule has 29 heavy (non-hydrogen) atoms. The van der Waals surface area contributed by atoms with Crippen molar-refractivity contribution in [3.05, 3.63) is 34.6 Å². The second kappa shape index (κ2) is 10.3. The van der Waals surface area contributed by atoms with Crippen molar-refractivity contribution in [1.29, 1.82) is 0 Å². The minimum atomic E-state index is -0.335. The summed E-state index contributed by atoms with van der Waals surface area (Å²) in [7, 11) is 1.77. The molecule has 1 aromatic rings. The smallest absolute Gasteiger partial charge is 0.234 e. The first-order chi connectivity index (χ1) is 13.6. The second-order valence-electron chi connectivity index (χ2n) is 8.39. The Bertz CT molecular complexity index is 730. The monoisotopic (exact) mass is 425 g/mol. The average molecular weight is 426 g/mol. The zero-order valence-electron chi connectivity index (χ0n) is 18.1. The summed E-state index contributed by atoms with van der Waals surface area (Å²) in [5.74, 6) is 0.551. The lowest BCUT2D eigenvalue weighted by atomic mass is 9.84. The van der Waals surface area contributed by atoms with Gasteiger partial charge in [0.15, 0.2) is 5.96 Å². The van der Waals surface area contributed by atoms with E-state index in [1.165, 1.54) is 12.1 Å². The van der Waals surface area contributed by atoms with Gasteiger partial charge in [0, 0.05) is 56.3 Å². The number of halogens is 2. The van der Waals surface area contributed by atoms with E-state index in [0.717, 1.165) is 37.7 Å². The highest BCUT2D eigenvalue weighted by Gasteiger charge is 2.26. The lowest BCUT2D eigenvalue weighted by Crippen LogP contribution is -2.55. The molecule has 1 aliphatic heterocycles. The van der Waals surface area contributed by atoms with E-state index in [4.69, 9.17) is 11.6 Å². The SMILES string of the molecule is CN=C(NCC(C)(C)c1ccc(F)cc1Cl)N1CCN(CC(=O)NC(C)C)CC1. The minimum absolute atomic E-state index is 0.0638. The molecule has 6 nitrogen and oxygen atoms in total. The molecular formula is C21H33ClFN5O. The fourth-order valence-electron chi connectivity index (χ4n) is 3.45. The van der Waals surface area contributed by atoms with E-state index < -0.39 is 0 Å². The number of guanidine groups is 1. The molecule has 0 atom stereocenters. The largest absolute Gasteiger partial charge is 0.355 e. The third kappa shape index (κ3) is 6.85. The van der Waals surface area contributed by atoms with Crippen LogP contribution in [0.25, 0.3) is 0 Å². The van der Waals surface area contributed by atoms with E-state index in [-0.39, 0.29) is 23.2 Å². The maximum absolute atomic E-state index is 13.4. The van der Waals surface area contributed by atoms with Crippen LogP contribution in [0.1, 0.15) is 33.3 Å². The summed E-state index contributed by atoms with van der Waals surface area (Å²) >= 11 is 6.25. The summed E-state index contributed by atoms with van der Waals surface area (Å²) < 4.78 is 13.4. The van der Waals surface area contributed by atoms with Crippen molar-refractivity contribution in [1.82, 2.24) is 20.4 Å². The third-order valence-corrected chi connectivity index (χ3v) is 5.36. The number of nitrogens with zero attached hydrogens (tertiary/aromatic N) is 3. The Balaban J connectivity index is 1.89. The highest BCUT2D eigenvalue weighted by Crippen LogP contribution is 2.30. The third-order valence-electron chi connectivity index (χ3n) is 5.05. The van der Waals surface area contributed by atoms with Crippen LogP contribution in [0.4, 0.5) is 4.39 Å². The lowest BCUT2D eigenvalue weighted by Gasteiger charge is -2.37. The van der Waals surface area contributed by atoms with Crippen molar-refractivity contribution in [2.24, 2.45) is 4.99 Å². The second-order valence-corrected chi connectivity index (χ2v) is 8.80. The van der Waals surface area contributed by atoms with Crippen LogP contribution < -0.4 is 10.6 Å². The molecule has 1 amide bonds. The number of piperazine rings is 1. The Hall–Kier alpha value is -1.86. The van der Waals surface area contributed by atoms with Gasteiger partial charge in [0.1, 0.15) is 5.82 Å². The highest BCUT2D eigenvalue weighted by atomic mass is 35.5. The first-order valence-corrected chi connectivity index (χ1v) is 10.4. The quantitative estimate of drug-likeness (QED) is 0.543. The normalized spacial score (nSPS) is 16.3. The summed E-state index contributed by atoms with van der Waals surface area (Å²) in [6.45, 7) is 12.3. The number of carbonyl (C=O) groups is 1. The number of aliphatic imine (C=N–C) groups is 1. The predicted octanol–water partition coefficient (Wildman–Crippen LogP) is 2.47. The number of hydrogen-bond donors (Lipinski definition) is 2. The van der Waals surface area contributed by atoms with Gasteiger partial charge in [-0.15, -0.1) is 0 Å². The van der Waals surface area contributed by atoms with Crippen LogP contribution in [0.15, 0.2) is 23.2 Å². The fraction of sp³-hybridized carbons (Fsp3) is 0.619. The van der Waals surface area contributed by atoms with Crippen molar-refractivity contribution in [3.63, 3.8) is 0 Å². The van der Waals surface area contributed by atoms with Gasteiger partial charge in [0.25, 0.3) is 0 Å². The Morgan fingerprint density at radius 2 is 1.93 bits per heavy atom. The Morgan fingerprint density at radius 1 is 1.28 bits per heavy atom. The Kier molecular flexibility index (Phi) is 8.28. The molecule has 0 saturated carbocycles. The number of hydrogen-bond acceptors (Lipinski definition) is 3. The van der Waals surface area contributed by atoms with Gasteiger partial charge in [-0.05, 0) is 31.5 Å². The van der Waals surface area contributed by atoms with Gasteiger partial charge < -0.3 is 15.5 Å². The van der Waals surface area contributed by atoms with E-state index in [1.54, 1.807) is 13.1 Å². The first-order valence-electron chi connectivity index (χ1n) is 10.0. The molecule has 0 bridgehead atoms. The molecule has 1 heterocycles. The van der Waals surface area contributed by atoms with Crippen molar-refractivity contribution in [2.75, 3.05) is 46.3 Å². The van der Waals surface area contributed by atoms with E-state index >= 15 is 0 Å². The Labute approximate surface area is 178 Å². The molecule has 1 aliphatic rings. The van der Waals surface area contributed by atoms with Crippen LogP contribution in [0.3, 0.4) is 0 Å². The summed E-state index contributed by atoms with van der Waals surface area (Å²) in [6.07, 6.45) is 0. The average Bonchev–Trinajstić information content (AvgIpc) is 2.62. The van der Waals surface area contributed by atoms with Gasteiger partial charge in [-0.3, -0.25) is 14.7 Å². The summed E-state index contributed by atoms with van der Waals surface area (Å²) in [5.41, 5.74) is 0.599. The number of nitrogens with one attached hydrogen (secondary N) is 2. The van der Waals surface area contributed by atoms with E-state index in [9.17, 15) is 9.18 Å². The van der Waals surface area contributed by atoms with Crippen molar-refractivity contribution >= 4 is 23.5 Å². The topological polar surface area (TPSA) is 60.0 Å². The summed E-state index contributed by atoms with van der Waals surface area (Å²) in [6, 6.07) is 4.68. The molecule has 1 fully saturated rings. The van der Waals surface area contributed by atoms with Gasteiger partial charge in [-0.25, -0.2) is 4.39 Å². The molecule has 0 aliphatic carbocycles. The van der Waals surface area contributed by atoms with E-state index in [2.05, 4.69) is 39.3 Å². The van der Waals surface area contributed by atoms with Gasteiger partial charge in [-0.2, -0.15) is 0 Å². The molecule has 162 valence electrons.